The fourth-order valence-corrected chi connectivity index (χ4v) is 4.82. The van der Waals surface area contributed by atoms with Crippen LogP contribution in [0, 0.1) is 5.92 Å². The molecule has 0 bridgehead atoms. The summed E-state index contributed by atoms with van der Waals surface area (Å²) in [5.74, 6) is 0.0232. The lowest BCUT2D eigenvalue weighted by Crippen LogP contribution is -2.43. The number of para-hydroxylation sites is 1. The second-order valence-corrected chi connectivity index (χ2v) is 9.27. The summed E-state index contributed by atoms with van der Waals surface area (Å²) in [4.78, 5) is 46.8. The van der Waals surface area contributed by atoms with E-state index in [1.54, 1.807) is 24.3 Å². The van der Waals surface area contributed by atoms with E-state index in [4.69, 9.17) is 4.98 Å². The summed E-state index contributed by atoms with van der Waals surface area (Å²) < 4.78 is 0. The van der Waals surface area contributed by atoms with Crippen LogP contribution in [-0.2, 0) is 0 Å². The minimum absolute atomic E-state index is 0.0229. The number of hydrogen-bond acceptors (Lipinski definition) is 4. The Balaban J connectivity index is 1.29. The largest absolute Gasteiger partial charge is 0.339 e. The smallest absolute Gasteiger partial charge is 0.261 e. The van der Waals surface area contributed by atoms with Crippen molar-refractivity contribution in [1.82, 2.24) is 14.8 Å². The lowest BCUT2D eigenvalue weighted by Gasteiger charge is -2.33. The number of benzene rings is 2. The highest BCUT2D eigenvalue weighted by molar-refractivity contribution is 6.21. The Morgan fingerprint density at radius 3 is 2.21 bits per heavy atom. The van der Waals surface area contributed by atoms with E-state index in [-0.39, 0.29) is 29.6 Å². The van der Waals surface area contributed by atoms with Crippen molar-refractivity contribution in [2.75, 3.05) is 19.6 Å². The van der Waals surface area contributed by atoms with Gasteiger partial charge in [-0.25, -0.2) is 0 Å². The van der Waals surface area contributed by atoms with Crippen molar-refractivity contribution in [3.05, 3.63) is 77.0 Å². The van der Waals surface area contributed by atoms with Crippen LogP contribution in [-0.4, -0.2) is 52.1 Å². The number of likely N-dealkylation sites (tertiary alicyclic amines) is 1. The van der Waals surface area contributed by atoms with Gasteiger partial charge >= 0.3 is 0 Å². The quantitative estimate of drug-likeness (QED) is 0.559. The zero-order chi connectivity index (χ0) is 23.1. The van der Waals surface area contributed by atoms with E-state index < -0.39 is 0 Å². The summed E-state index contributed by atoms with van der Waals surface area (Å²) in [6, 6.07) is 16.7. The zero-order valence-corrected chi connectivity index (χ0v) is 19.0. The molecule has 0 saturated carbocycles. The number of pyridine rings is 1. The first-order valence-corrected chi connectivity index (χ1v) is 11.6. The van der Waals surface area contributed by atoms with Gasteiger partial charge in [0.05, 0.1) is 22.2 Å². The fourth-order valence-electron chi connectivity index (χ4n) is 4.82. The lowest BCUT2D eigenvalue weighted by molar-refractivity contribution is 0.0558. The molecule has 1 aromatic heterocycles. The Morgan fingerprint density at radius 2 is 1.58 bits per heavy atom. The number of piperidine rings is 1. The number of rotatable bonds is 4. The van der Waals surface area contributed by atoms with Gasteiger partial charge in [-0.2, -0.15) is 0 Å². The van der Waals surface area contributed by atoms with E-state index in [2.05, 4.69) is 13.8 Å². The van der Waals surface area contributed by atoms with Crippen LogP contribution in [0.4, 0.5) is 0 Å². The van der Waals surface area contributed by atoms with Gasteiger partial charge < -0.3 is 4.90 Å². The molecule has 3 amide bonds. The maximum atomic E-state index is 13.5. The molecular weight excluding hydrogens is 414 g/mol. The number of imide groups is 1. The first-order chi connectivity index (χ1) is 15.9. The molecule has 0 N–H and O–H groups in total. The zero-order valence-electron chi connectivity index (χ0n) is 19.0. The third kappa shape index (κ3) is 3.80. The first kappa shape index (κ1) is 21.3. The Labute approximate surface area is 193 Å². The lowest BCUT2D eigenvalue weighted by atomic mass is 9.95. The minimum atomic E-state index is -0.210. The Bertz CT molecular complexity index is 1220. The normalized spacial score (nSPS) is 16.7. The number of hydrogen-bond donors (Lipinski definition) is 0. The third-order valence-corrected chi connectivity index (χ3v) is 6.78. The molecule has 0 spiro atoms. The maximum Gasteiger partial charge on any atom is 0.261 e. The number of carbonyl (C=O) groups excluding carboxylic acids is 3. The van der Waals surface area contributed by atoms with E-state index in [9.17, 15) is 14.4 Å². The average molecular weight is 442 g/mol. The highest BCUT2D eigenvalue weighted by Crippen LogP contribution is 2.28. The second-order valence-electron chi connectivity index (χ2n) is 9.27. The van der Waals surface area contributed by atoms with Gasteiger partial charge in [-0.15, -0.1) is 0 Å². The van der Waals surface area contributed by atoms with E-state index in [0.29, 0.717) is 36.3 Å². The van der Waals surface area contributed by atoms with Gasteiger partial charge in [0.1, 0.15) is 0 Å². The molecule has 6 heteroatoms. The predicted molar refractivity (Wildman–Crippen MR) is 126 cm³/mol. The van der Waals surface area contributed by atoms with Crippen LogP contribution in [0.25, 0.3) is 10.9 Å². The number of nitrogens with zero attached hydrogens (tertiary/aromatic N) is 3. The van der Waals surface area contributed by atoms with Gasteiger partial charge in [-0.1, -0.05) is 44.2 Å². The molecule has 2 aromatic carbocycles. The summed E-state index contributed by atoms with van der Waals surface area (Å²) in [6.07, 6.45) is 1.53. The van der Waals surface area contributed by atoms with Crippen LogP contribution in [0.15, 0.2) is 54.6 Å². The summed E-state index contributed by atoms with van der Waals surface area (Å²) in [7, 11) is 0. The molecule has 0 unspecified atom stereocenters. The van der Waals surface area contributed by atoms with Crippen LogP contribution in [0.2, 0.25) is 0 Å². The minimum Gasteiger partial charge on any atom is -0.339 e. The summed E-state index contributed by atoms with van der Waals surface area (Å²) in [6.45, 7) is 5.79. The van der Waals surface area contributed by atoms with E-state index in [1.165, 1.54) is 4.90 Å². The van der Waals surface area contributed by atoms with Crippen molar-refractivity contribution in [1.29, 1.82) is 0 Å². The van der Waals surface area contributed by atoms with Crippen molar-refractivity contribution >= 4 is 28.6 Å². The van der Waals surface area contributed by atoms with Crippen LogP contribution >= 0.6 is 0 Å². The maximum absolute atomic E-state index is 13.5. The Hall–Kier alpha value is -3.54. The standard InChI is InChI=1S/C27H27N3O3/c1-17(2)24-15-22(19-7-5-6-10-23(19)28-24)25(31)29-13-11-18(12-14-29)16-30-26(32)20-8-3-4-9-21(20)27(30)33/h3-10,15,17-18H,11-14,16H2,1-2H3. The van der Waals surface area contributed by atoms with Crippen molar-refractivity contribution < 1.29 is 14.4 Å². The Kier molecular flexibility index (Phi) is 5.44. The highest BCUT2D eigenvalue weighted by Gasteiger charge is 2.37. The second kappa shape index (κ2) is 8.43. The molecule has 0 radical (unpaired) electrons. The summed E-state index contributed by atoms with van der Waals surface area (Å²) in [5.41, 5.74) is 3.43. The van der Waals surface area contributed by atoms with Crippen molar-refractivity contribution in [3.63, 3.8) is 0 Å². The number of fused-ring (bicyclic) bond motifs is 2. The molecule has 3 aromatic rings. The van der Waals surface area contributed by atoms with Crippen LogP contribution in [0.5, 0.6) is 0 Å². The average Bonchev–Trinajstić information content (AvgIpc) is 3.08. The van der Waals surface area contributed by atoms with E-state index >= 15 is 0 Å². The van der Waals surface area contributed by atoms with Crippen LogP contribution in [0.1, 0.15) is 69.4 Å². The molecule has 1 fully saturated rings. The van der Waals surface area contributed by atoms with Gasteiger partial charge in [-0.05, 0) is 48.9 Å². The number of carbonyl (C=O) groups is 3. The van der Waals surface area contributed by atoms with Crippen molar-refractivity contribution in [2.45, 2.75) is 32.6 Å². The first-order valence-electron chi connectivity index (χ1n) is 11.6. The SMILES string of the molecule is CC(C)c1cc(C(=O)N2CCC(CN3C(=O)c4ccccc4C3=O)CC2)c2ccccc2n1. The number of amides is 3. The van der Waals surface area contributed by atoms with Gasteiger partial charge in [0, 0.05) is 30.7 Å². The molecule has 2 aliphatic rings. The van der Waals surface area contributed by atoms with Gasteiger partial charge in [0.15, 0.2) is 0 Å². The molecular formula is C27H27N3O3. The highest BCUT2D eigenvalue weighted by atomic mass is 16.2. The molecule has 0 aliphatic carbocycles. The van der Waals surface area contributed by atoms with Gasteiger partial charge in [0.25, 0.3) is 17.7 Å². The van der Waals surface area contributed by atoms with E-state index in [0.717, 1.165) is 29.4 Å². The van der Waals surface area contributed by atoms with Crippen molar-refractivity contribution in [3.8, 4) is 0 Å². The molecule has 1 saturated heterocycles. The number of aromatic nitrogens is 1. The fraction of sp³-hybridized carbons (Fsp3) is 0.333. The molecule has 6 nitrogen and oxygen atoms in total. The predicted octanol–water partition coefficient (Wildman–Crippen LogP) is 4.51. The molecule has 5 rings (SSSR count). The monoisotopic (exact) mass is 441 g/mol. The van der Waals surface area contributed by atoms with Gasteiger partial charge in [0.2, 0.25) is 0 Å². The molecule has 168 valence electrons. The molecule has 0 atom stereocenters. The summed E-state index contributed by atoms with van der Waals surface area (Å²) in [5, 5.41) is 0.875. The van der Waals surface area contributed by atoms with Crippen LogP contribution < -0.4 is 0 Å². The molecule has 33 heavy (non-hydrogen) atoms. The Morgan fingerprint density at radius 1 is 0.970 bits per heavy atom. The molecule has 3 heterocycles. The van der Waals surface area contributed by atoms with Crippen LogP contribution in [0.3, 0.4) is 0 Å². The third-order valence-electron chi connectivity index (χ3n) is 6.78. The van der Waals surface area contributed by atoms with Gasteiger partial charge in [-0.3, -0.25) is 24.3 Å². The molecule has 2 aliphatic heterocycles. The van der Waals surface area contributed by atoms with Crippen molar-refractivity contribution in [2.24, 2.45) is 5.92 Å². The summed E-state index contributed by atoms with van der Waals surface area (Å²) >= 11 is 0. The topological polar surface area (TPSA) is 70.6 Å². The van der Waals surface area contributed by atoms with E-state index in [1.807, 2.05) is 35.2 Å².